The van der Waals surface area contributed by atoms with Crippen LogP contribution in [-0.4, -0.2) is 19.1 Å². The number of hydrogen-bond donors (Lipinski definition) is 1. The van der Waals surface area contributed by atoms with Crippen molar-refractivity contribution in [1.29, 1.82) is 0 Å². The van der Waals surface area contributed by atoms with Gasteiger partial charge in [0, 0.05) is 14.9 Å². The summed E-state index contributed by atoms with van der Waals surface area (Å²) in [5.41, 5.74) is 2.18. The summed E-state index contributed by atoms with van der Waals surface area (Å²) in [6, 6.07) is 6.07. The fraction of sp³-hybridized carbons (Fsp3) is 0.357. The van der Waals surface area contributed by atoms with E-state index in [1.165, 1.54) is 4.88 Å². The lowest BCUT2D eigenvalue weighted by Crippen LogP contribution is -2.18. The van der Waals surface area contributed by atoms with Crippen LogP contribution in [0.3, 0.4) is 0 Å². The van der Waals surface area contributed by atoms with Crippen LogP contribution in [0.4, 0.5) is 0 Å². The van der Waals surface area contributed by atoms with Crippen LogP contribution in [-0.2, 0) is 0 Å². The second-order valence-electron chi connectivity index (χ2n) is 4.30. The second kappa shape index (κ2) is 6.03. The van der Waals surface area contributed by atoms with Crippen LogP contribution in [0.5, 0.6) is 5.75 Å². The molecule has 3 nitrogen and oxygen atoms in total. The van der Waals surface area contributed by atoms with Gasteiger partial charge >= 0.3 is 0 Å². The molecule has 0 saturated carbocycles. The summed E-state index contributed by atoms with van der Waals surface area (Å²) < 4.78 is 6.49. The van der Waals surface area contributed by atoms with Gasteiger partial charge < -0.3 is 10.1 Å². The Morgan fingerprint density at radius 2 is 2.11 bits per heavy atom. The van der Waals surface area contributed by atoms with Crippen LogP contribution >= 0.6 is 27.3 Å². The quantitative estimate of drug-likeness (QED) is 0.918. The fourth-order valence-electron chi connectivity index (χ4n) is 1.96. The molecule has 5 heteroatoms. The minimum Gasteiger partial charge on any atom is -0.496 e. The Labute approximate surface area is 126 Å². The van der Waals surface area contributed by atoms with Gasteiger partial charge in [0.25, 0.3) is 0 Å². The molecule has 102 valence electrons. The van der Waals surface area contributed by atoms with E-state index in [9.17, 15) is 0 Å². The molecule has 2 aromatic rings. The zero-order valence-electron chi connectivity index (χ0n) is 11.5. The molecule has 1 N–H and O–H groups in total. The molecule has 1 aromatic heterocycles. The molecule has 0 radical (unpaired) electrons. The van der Waals surface area contributed by atoms with Crippen LogP contribution in [0.2, 0.25) is 0 Å². The highest BCUT2D eigenvalue weighted by Gasteiger charge is 2.20. The Hall–Kier alpha value is -0.910. The van der Waals surface area contributed by atoms with E-state index in [-0.39, 0.29) is 6.04 Å². The molecule has 0 saturated heterocycles. The molecule has 1 heterocycles. The Bertz CT molecular complexity index is 563. The van der Waals surface area contributed by atoms with Gasteiger partial charge in [-0.15, -0.1) is 11.3 Å². The lowest BCUT2D eigenvalue weighted by molar-refractivity contribution is 0.405. The average molecular weight is 341 g/mol. The van der Waals surface area contributed by atoms with Crippen LogP contribution in [0.15, 0.2) is 22.7 Å². The highest BCUT2D eigenvalue weighted by molar-refractivity contribution is 9.10. The lowest BCUT2D eigenvalue weighted by atomic mass is 10.1. The van der Waals surface area contributed by atoms with Gasteiger partial charge in [0.2, 0.25) is 0 Å². The van der Waals surface area contributed by atoms with Gasteiger partial charge in [-0.3, -0.25) is 0 Å². The summed E-state index contributed by atoms with van der Waals surface area (Å²) in [5.74, 6) is 0.869. The summed E-state index contributed by atoms with van der Waals surface area (Å²) in [4.78, 5) is 5.90. The predicted molar refractivity (Wildman–Crippen MR) is 83.2 cm³/mol. The molecule has 0 amide bonds. The molecule has 0 bridgehead atoms. The summed E-state index contributed by atoms with van der Waals surface area (Å²) in [5, 5.41) is 4.39. The third kappa shape index (κ3) is 2.99. The molecular weight excluding hydrogens is 324 g/mol. The van der Waals surface area contributed by atoms with Crippen LogP contribution in [0.25, 0.3) is 0 Å². The van der Waals surface area contributed by atoms with Gasteiger partial charge in [0.15, 0.2) is 0 Å². The molecule has 2 rings (SSSR count). The number of hydrogen-bond acceptors (Lipinski definition) is 4. The summed E-state index contributed by atoms with van der Waals surface area (Å²) in [6.07, 6.45) is 0. The van der Waals surface area contributed by atoms with Gasteiger partial charge in [-0.25, -0.2) is 4.98 Å². The normalized spacial score (nSPS) is 12.5. The molecule has 1 atom stereocenters. The Balaban J connectivity index is 2.50. The van der Waals surface area contributed by atoms with Gasteiger partial charge in [-0.05, 0) is 39.1 Å². The van der Waals surface area contributed by atoms with E-state index in [0.717, 1.165) is 26.5 Å². The minimum atomic E-state index is 0.0462. The molecule has 0 aliphatic carbocycles. The standard InChI is InChI=1S/C14H17BrN2OS/c1-8-9(2)19-14(17-8)13(16-3)11-7-10(15)5-6-12(11)18-4/h5-7,13,16H,1-4H3. The van der Waals surface area contributed by atoms with Gasteiger partial charge in [0.1, 0.15) is 10.8 Å². The van der Waals surface area contributed by atoms with E-state index < -0.39 is 0 Å². The van der Waals surface area contributed by atoms with E-state index in [0.29, 0.717) is 0 Å². The molecule has 0 fully saturated rings. The topological polar surface area (TPSA) is 34.2 Å². The number of nitrogens with zero attached hydrogens (tertiary/aromatic N) is 1. The fourth-order valence-corrected chi connectivity index (χ4v) is 3.39. The zero-order valence-corrected chi connectivity index (χ0v) is 13.9. The minimum absolute atomic E-state index is 0.0462. The number of benzene rings is 1. The maximum absolute atomic E-state index is 5.46. The maximum atomic E-state index is 5.46. The second-order valence-corrected chi connectivity index (χ2v) is 6.45. The van der Waals surface area contributed by atoms with Crippen molar-refractivity contribution >= 4 is 27.3 Å². The number of rotatable bonds is 4. The van der Waals surface area contributed by atoms with E-state index in [4.69, 9.17) is 4.74 Å². The molecule has 0 spiro atoms. The van der Waals surface area contributed by atoms with Crippen molar-refractivity contribution in [1.82, 2.24) is 10.3 Å². The van der Waals surface area contributed by atoms with Crippen molar-refractivity contribution in [3.8, 4) is 5.75 Å². The van der Waals surface area contributed by atoms with Crippen LogP contribution in [0.1, 0.15) is 27.2 Å². The summed E-state index contributed by atoms with van der Waals surface area (Å²) in [7, 11) is 3.63. The largest absolute Gasteiger partial charge is 0.496 e. The number of aryl methyl sites for hydroxylation is 2. The van der Waals surface area contributed by atoms with Crippen molar-refractivity contribution in [3.63, 3.8) is 0 Å². The highest BCUT2D eigenvalue weighted by Crippen LogP contribution is 2.34. The van der Waals surface area contributed by atoms with Crippen LogP contribution in [0, 0.1) is 13.8 Å². The van der Waals surface area contributed by atoms with Crippen molar-refractivity contribution in [2.24, 2.45) is 0 Å². The number of aromatic nitrogens is 1. The Morgan fingerprint density at radius 1 is 1.37 bits per heavy atom. The smallest absolute Gasteiger partial charge is 0.124 e. The lowest BCUT2D eigenvalue weighted by Gasteiger charge is -2.17. The number of halogens is 1. The van der Waals surface area contributed by atoms with Gasteiger partial charge in [-0.2, -0.15) is 0 Å². The number of methoxy groups -OCH3 is 1. The molecule has 19 heavy (non-hydrogen) atoms. The van der Waals surface area contributed by atoms with Crippen LogP contribution < -0.4 is 10.1 Å². The molecule has 0 aliphatic heterocycles. The molecule has 1 aromatic carbocycles. The Kier molecular flexibility index (Phi) is 4.60. The van der Waals surface area contributed by atoms with Gasteiger partial charge in [-0.1, -0.05) is 15.9 Å². The summed E-state index contributed by atoms with van der Waals surface area (Å²) in [6.45, 7) is 4.14. The number of nitrogens with one attached hydrogen (secondary N) is 1. The SMILES string of the molecule is CNC(c1nc(C)c(C)s1)c1cc(Br)ccc1OC. The van der Waals surface area contributed by atoms with Crippen molar-refractivity contribution < 1.29 is 4.74 Å². The zero-order chi connectivity index (χ0) is 14.0. The van der Waals surface area contributed by atoms with E-state index in [1.807, 2.05) is 26.1 Å². The first kappa shape index (κ1) is 14.5. The first-order valence-electron chi connectivity index (χ1n) is 6.01. The Morgan fingerprint density at radius 3 is 2.63 bits per heavy atom. The average Bonchev–Trinajstić information content (AvgIpc) is 2.70. The first-order valence-corrected chi connectivity index (χ1v) is 7.62. The van der Waals surface area contributed by atoms with E-state index >= 15 is 0 Å². The number of thiazole rings is 1. The third-order valence-electron chi connectivity index (χ3n) is 3.08. The molecule has 1 unspecified atom stereocenters. The summed E-state index contributed by atoms with van der Waals surface area (Å²) >= 11 is 5.24. The molecular formula is C14H17BrN2OS. The van der Waals surface area contributed by atoms with Crippen molar-refractivity contribution in [2.45, 2.75) is 19.9 Å². The maximum Gasteiger partial charge on any atom is 0.124 e. The first-order chi connectivity index (χ1) is 9.06. The third-order valence-corrected chi connectivity index (χ3v) is 4.71. The number of ether oxygens (including phenoxy) is 1. The van der Waals surface area contributed by atoms with Gasteiger partial charge in [0.05, 0.1) is 18.8 Å². The van der Waals surface area contributed by atoms with Crippen molar-refractivity contribution in [3.05, 3.63) is 43.8 Å². The van der Waals surface area contributed by atoms with Crippen molar-refractivity contribution in [2.75, 3.05) is 14.2 Å². The van der Waals surface area contributed by atoms with E-state index in [2.05, 4.69) is 39.2 Å². The predicted octanol–water partition coefficient (Wildman–Crippen LogP) is 3.84. The molecule has 0 aliphatic rings. The van der Waals surface area contributed by atoms with E-state index in [1.54, 1.807) is 18.4 Å². The monoisotopic (exact) mass is 340 g/mol. The highest BCUT2D eigenvalue weighted by atomic mass is 79.9.